The summed E-state index contributed by atoms with van der Waals surface area (Å²) in [5.74, 6) is 1.35. The van der Waals surface area contributed by atoms with E-state index in [0.717, 1.165) is 24.8 Å². The van der Waals surface area contributed by atoms with Gasteiger partial charge in [0.05, 0.1) is 16.9 Å². The molecule has 1 aromatic heterocycles. The SMILES string of the molecule is O=S1(=O)CC(Cc2nc(C3(c4ccc(F)cc4)CCC3)no2)C1. The van der Waals surface area contributed by atoms with Crippen LogP contribution in [0.15, 0.2) is 28.8 Å². The maximum absolute atomic E-state index is 13.2. The molecule has 122 valence electrons. The smallest absolute Gasteiger partial charge is 0.227 e. The van der Waals surface area contributed by atoms with Crippen molar-refractivity contribution in [3.63, 3.8) is 0 Å². The minimum absolute atomic E-state index is 0.0801. The highest BCUT2D eigenvalue weighted by atomic mass is 32.2. The number of aromatic nitrogens is 2. The van der Waals surface area contributed by atoms with Gasteiger partial charge in [-0.05, 0) is 36.5 Å². The Balaban J connectivity index is 1.56. The van der Waals surface area contributed by atoms with Crippen molar-refractivity contribution in [1.82, 2.24) is 10.1 Å². The highest BCUT2D eigenvalue weighted by Gasteiger charge is 2.45. The largest absolute Gasteiger partial charge is 0.339 e. The fourth-order valence-electron chi connectivity index (χ4n) is 3.51. The second-order valence-corrected chi connectivity index (χ2v) is 8.76. The van der Waals surface area contributed by atoms with Crippen LogP contribution in [-0.2, 0) is 21.7 Å². The molecule has 0 unspecified atom stereocenters. The minimum atomic E-state index is -2.84. The standard InChI is InChI=1S/C16H17FN2O3S/c17-13-4-2-12(3-5-13)16(6-1-7-16)15-18-14(22-19-15)8-11-9-23(20,21)10-11/h2-5,11H,1,6-10H2. The Morgan fingerprint density at radius 1 is 1.22 bits per heavy atom. The second-order valence-electron chi connectivity index (χ2n) is 6.60. The minimum Gasteiger partial charge on any atom is -0.339 e. The second kappa shape index (κ2) is 5.12. The van der Waals surface area contributed by atoms with Gasteiger partial charge in [-0.3, -0.25) is 0 Å². The van der Waals surface area contributed by atoms with Crippen LogP contribution in [0.5, 0.6) is 0 Å². The molecule has 1 aliphatic heterocycles. The molecule has 2 aliphatic rings. The third-order valence-corrected chi connectivity index (χ3v) is 6.90. The average molecular weight is 336 g/mol. The van der Waals surface area contributed by atoms with E-state index < -0.39 is 9.84 Å². The van der Waals surface area contributed by atoms with E-state index in [9.17, 15) is 12.8 Å². The summed E-state index contributed by atoms with van der Waals surface area (Å²) in [5.41, 5.74) is 0.713. The van der Waals surface area contributed by atoms with Gasteiger partial charge in [0.15, 0.2) is 15.7 Å². The van der Waals surface area contributed by atoms with E-state index in [1.165, 1.54) is 12.1 Å². The van der Waals surface area contributed by atoms with Crippen LogP contribution in [0, 0.1) is 11.7 Å². The molecular formula is C16H17FN2O3S. The fraction of sp³-hybridized carbons (Fsp3) is 0.500. The lowest BCUT2D eigenvalue weighted by atomic mass is 9.64. The third-order valence-electron chi connectivity index (χ3n) is 4.94. The summed E-state index contributed by atoms with van der Waals surface area (Å²) in [4.78, 5) is 4.51. The van der Waals surface area contributed by atoms with Crippen LogP contribution in [0.4, 0.5) is 4.39 Å². The average Bonchev–Trinajstić information content (AvgIpc) is 2.86. The summed E-state index contributed by atoms with van der Waals surface area (Å²) >= 11 is 0. The Morgan fingerprint density at radius 3 is 2.48 bits per heavy atom. The summed E-state index contributed by atoms with van der Waals surface area (Å²) in [5, 5.41) is 4.13. The molecule has 1 aliphatic carbocycles. The molecule has 0 atom stereocenters. The number of sulfone groups is 1. The van der Waals surface area contributed by atoms with Crippen LogP contribution in [0.2, 0.25) is 0 Å². The van der Waals surface area contributed by atoms with Crippen molar-refractivity contribution in [3.8, 4) is 0 Å². The Kier molecular flexibility index (Phi) is 3.30. The Labute approximate surface area is 133 Å². The van der Waals surface area contributed by atoms with Gasteiger partial charge in [-0.25, -0.2) is 12.8 Å². The van der Waals surface area contributed by atoms with Crippen LogP contribution < -0.4 is 0 Å². The van der Waals surface area contributed by atoms with E-state index in [2.05, 4.69) is 10.1 Å². The molecule has 23 heavy (non-hydrogen) atoms. The molecule has 2 heterocycles. The van der Waals surface area contributed by atoms with Gasteiger partial charge in [0.2, 0.25) is 5.89 Å². The molecule has 0 amide bonds. The normalized spacial score (nSPS) is 22.3. The van der Waals surface area contributed by atoms with E-state index in [0.29, 0.717) is 18.1 Å². The van der Waals surface area contributed by atoms with Crippen molar-refractivity contribution in [1.29, 1.82) is 0 Å². The molecule has 0 N–H and O–H groups in total. The van der Waals surface area contributed by atoms with Gasteiger partial charge in [-0.2, -0.15) is 4.98 Å². The molecule has 0 spiro atoms. The highest BCUT2D eigenvalue weighted by Crippen LogP contribution is 2.47. The van der Waals surface area contributed by atoms with Crippen molar-refractivity contribution in [2.75, 3.05) is 11.5 Å². The van der Waals surface area contributed by atoms with Crippen LogP contribution in [0.1, 0.15) is 36.5 Å². The van der Waals surface area contributed by atoms with Gasteiger partial charge in [0.25, 0.3) is 0 Å². The number of rotatable bonds is 4. The lowest BCUT2D eigenvalue weighted by Gasteiger charge is -2.39. The van der Waals surface area contributed by atoms with Crippen molar-refractivity contribution >= 4 is 9.84 Å². The first-order valence-electron chi connectivity index (χ1n) is 7.76. The maximum atomic E-state index is 13.2. The zero-order valence-corrected chi connectivity index (χ0v) is 13.4. The van der Waals surface area contributed by atoms with Crippen molar-refractivity contribution in [2.24, 2.45) is 5.92 Å². The molecular weight excluding hydrogens is 319 g/mol. The van der Waals surface area contributed by atoms with Crippen LogP contribution in [-0.4, -0.2) is 30.1 Å². The van der Waals surface area contributed by atoms with Gasteiger partial charge in [-0.1, -0.05) is 23.7 Å². The van der Waals surface area contributed by atoms with E-state index in [1.807, 2.05) is 0 Å². The third kappa shape index (κ3) is 2.56. The molecule has 5 nitrogen and oxygen atoms in total. The molecule has 1 saturated heterocycles. The first-order valence-corrected chi connectivity index (χ1v) is 9.59. The lowest BCUT2D eigenvalue weighted by Crippen LogP contribution is -2.38. The fourth-order valence-corrected chi connectivity index (χ4v) is 5.08. The van der Waals surface area contributed by atoms with Gasteiger partial charge >= 0.3 is 0 Å². The zero-order chi connectivity index (χ0) is 16.1. The summed E-state index contributed by atoms with van der Waals surface area (Å²) in [7, 11) is -2.84. The molecule has 1 saturated carbocycles. The molecule has 2 aromatic rings. The highest BCUT2D eigenvalue weighted by molar-refractivity contribution is 7.92. The van der Waals surface area contributed by atoms with E-state index in [1.54, 1.807) is 12.1 Å². The van der Waals surface area contributed by atoms with Crippen molar-refractivity contribution in [3.05, 3.63) is 47.4 Å². The van der Waals surface area contributed by atoms with Crippen LogP contribution in [0.25, 0.3) is 0 Å². The number of nitrogens with zero attached hydrogens (tertiary/aromatic N) is 2. The van der Waals surface area contributed by atoms with Gasteiger partial charge < -0.3 is 4.52 Å². The zero-order valence-electron chi connectivity index (χ0n) is 12.5. The molecule has 0 bridgehead atoms. The molecule has 0 radical (unpaired) electrons. The molecule has 7 heteroatoms. The summed E-state index contributed by atoms with van der Waals surface area (Å²) in [6.07, 6.45) is 3.40. The number of halogens is 1. The number of benzene rings is 1. The van der Waals surface area contributed by atoms with Crippen molar-refractivity contribution in [2.45, 2.75) is 31.1 Å². The van der Waals surface area contributed by atoms with Gasteiger partial charge in [-0.15, -0.1) is 0 Å². The Bertz CT molecular complexity index is 813. The van der Waals surface area contributed by atoms with Crippen molar-refractivity contribution < 1.29 is 17.3 Å². The first kappa shape index (κ1) is 14.8. The van der Waals surface area contributed by atoms with E-state index >= 15 is 0 Å². The molecule has 1 aromatic carbocycles. The maximum Gasteiger partial charge on any atom is 0.227 e. The first-order chi connectivity index (χ1) is 11.0. The molecule has 4 rings (SSSR count). The number of hydrogen-bond acceptors (Lipinski definition) is 5. The van der Waals surface area contributed by atoms with E-state index in [-0.39, 0.29) is 28.7 Å². The van der Waals surface area contributed by atoms with Crippen LogP contribution in [0.3, 0.4) is 0 Å². The predicted octanol–water partition coefficient (Wildman–Crippen LogP) is 2.27. The van der Waals surface area contributed by atoms with Gasteiger partial charge in [0.1, 0.15) is 5.82 Å². The summed E-state index contributed by atoms with van der Waals surface area (Å²) < 4.78 is 40.9. The number of hydrogen-bond donors (Lipinski definition) is 0. The van der Waals surface area contributed by atoms with Crippen LogP contribution >= 0.6 is 0 Å². The topological polar surface area (TPSA) is 73.1 Å². The summed E-state index contributed by atoms with van der Waals surface area (Å²) in [6.45, 7) is 0. The predicted molar refractivity (Wildman–Crippen MR) is 81.2 cm³/mol. The Hall–Kier alpha value is -1.76. The van der Waals surface area contributed by atoms with E-state index in [4.69, 9.17) is 4.52 Å². The summed E-state index contributed by atoms with van der Waals surface area (Å²) in [6, 6.07) is 6.47. The quantitative estimate of drug-likeness (QED) is 0.856. The Morgan fingerprint density at radius 2 is 1.91 bits per heavy atom. The molecule has 2 fully saturated rings. The lowest BCUT2D eigenvalue weighted by molar-refractivity contribution is 0.270. The van der Waals surface area contributed by atoms with Gasteiger partial charge in [0, 0.05) is 6.42 Å². The monoisotopic (exact) mass is 336 g/mol.